The van der Waals surface area contributed by atoms with E-state index in [-0.39, 0.29) is 18.1 Å². The molecular weight excluding hydrogens is 388 g/mol. The quantitative estimate of drug-likeness (QED) is 0.507. The molecule has 0 aromatic heterocycles. The molecule has 0 atom stereocenters. The third kappa shape index (κ3) is 7.73. The number of rotatable bonds is 6. The van der Waals surface area contributed by atoms with Crippen molar-refractivity contribution in [2.24, 2.45) is 0 Å². The zero-order valence-electron chi connectivity index (χ0n) is 15.5. The van der Waals surface area contributed by atoms with Crippen molar-refractivity contribution in [3.8, 4) is 5.75 Å². The van der Waals surface area contributed by atoms with Crippen LogP contribution in [0.2, 0.25) is 0 Å². The van der Waals surface area contributed by atoms with Crippen molar-refractivity contribution in [2.45, 2.75) is 52.7 Å². The maximum Gasteiger partial charge on any atom is 0.334 e. The molecule has 0 N–H and O–H groups in total. The minimum absolute atomic E-state index is 0.0276. The largest absolute Gasteiger partial charge is 0.491 e. The zero-order chi connectivity index (χ0) is 19.2. The third-order valence-electron chi connectivity index (χ3n) is 2.87. The Bertz CT molecular complexity index is 656. The molecule has 25 heavy (non-hydrogen) atoms. The molecule has 0 aliphatic heterocycles. The van der Waals surface area contributed by atoms with Crippen LogP contribution in [0.1, 0.15) is 46.6 Å². The van der Waals surface area contributed by atoms with Crippen LogP contribution in [0.5, 0.6) is 5.75 Å². The highest BCUT2D eigenvalue weighted by Gasteiger charge is 2.21. The minimum Gasteiger partial charge on any atom is -0.491 e. The van der Waals surface area contributed by atoms with E-state index in [1.54, 1.807) is 32.9 Å². The Hall–Kier alpha value is -1.82. The van der Waals surface area contributed by atoms with E-state index in [2.05, 4.69) is 15.9 Å². The molecule has 6 heteroatoms. The van der Waals surface area contributed by atoms with Crippen molar-refractivity contribution >= 4 is 33.9 Å². The maximum atomic E-state index is 12.1. The van der Waals surface area contributed by atoms with Gasteiger partial charge in [-0.3, -0.25) is 4.79 Å². The Morgan fingerprint density at radius 3 is 2.40 bits per heavy atom. The third-order valence-corrected chi connectivity index (χ3v) is 3.59. The van der Waals surface area contributed by atoms with Gasteiger partial charge in [0.1, 0.15) is 11.4 Å². The van der Waals surface area contributed by atoms with E-state index in [0.29, 0.717) is 11.3 Å². The van der Waals surface area contributed by atoms with Crippen LogP contribution >= 0.6 is 15.9 Å². The maximum absolute atomic E-state index is 12.1. The highest BCUT2D eigenvalue weighted by Crippen LogP contribution is 2.26. The van der Waals surface area contributed by atoms with Gasteiger partial charge in [0.2, 0.25) is 0 Å². The fourth-order valence-corrected chi connectivity index (χ4v) is 2.37. The van der Waals surface area contributed by atoms with E-state index in [0.717, 1.165) is 4.47 Å². The average molecular weight is 413 g/mol. The Morgan fingerprint density at radius 2 is 1.88 bits per heavy atom. The van der Waals surface area contributed by atoms with Crippen LogP contribution in [0.15, 0.2) is 28.2 Å². The summed E-state index contributed by atoms with van der Waals surface area (Å²) < 4.78 is 16.5. The lowest BCUT2D eigenvalue weighted by molar-refractivity contribution is -0.155. The first kappa shape index (κ1) is 21.2. The summed E-state index contributed by atoms with van der Waals surface area (Å²) in [5.74, 6) is -0.395. The molecule has 1 aromatic carbocycles. The molecule has 0 aliphatic carbocycles. The van der Waals surface area contributed by atoms with Gasteiger partial charge >= 0.3 is 11.9 Å². The molecule has 5 nitrogen and oxygen atoms in total. The lowest BCUT2D eigenvalue weighted by Gasteiger charge is -2.19. The highest BCUT2D eigenvalue weighted by atomic mass is 79.9. The second-order valence-electron chi connectivity index (χ2n) is 6.77. The van der Waals surface area contributed by atoms with Gasteiger partial charge in [0.25, 0.3) is 0 Å². The second kappa shape index (κ2) is 9.04. The van der Waals surface area contributed by atoms with Gasteiger partial charge in [-0.15, -0.1) is 0 Å². The Balaban J connectivity index is 3.14. The van der Waals surface area contributed by atoms with E-state index < -0.39 is 17.5 Å². The Labute approximate surface area is 157 Å². The van der Waals surface area contributed by atoms with Gasteiger partial charge in [-0.2, -0.15) is 0 Å². The molecular formula is C19H25BrO5. The van der Waals surface area contributed by atoms with Crippen LogP contribution in [0.3, 0.4) is 0 Å². The van der Waals surface area contributed by atoms with Crippen LogP contribution in [0, 0.1) is 0 Å². The molecule has 0 radical (unpaired) electrons. The molecule has 0 saturated heterocycles. The number of hydrogen-bond donors (Lipinski definition) is 0. The number of esters is 2. The summed E-state index contributed by atoms with van der Waals surface area (Å²) >= 11 is 3.44. The van der Waals surface area contributed by atoms with E-state index in [4.69, 9.17) is 14.2 Å². The smallest absolute Gasteiger partial charge is 0.334 e. The summed E-state index contributed by atoms with van der Waals surface area (Å²) in [6, 6.07) is 5.45. The SMILES string of the molecule is COC(=O)/C(=C\c1cc(OC(C)C)ccc1Br)CC(=O)OC(C)(C)C. The summed E-state index contributed by atoms with van der Waals surface area (Å²) in [7, 11) is 1.28. The van der Waals surface area contributed by atoms with Gasteiger partial charge in [0.15, 0.2) is 0 Å². The van der Waals surface area contributed by atoms with Crippen LogP contribution < -0.4 is 4.74 Å². The number of carbonyl (C=O) groups excluding carboxylic acids is 2. The standard InChI is InChI=1S/C19H25BrO5/c1-12(2)24-15-7-8-16(20)13(10-15)9-14(18(22)23-6)11-17(21)25-19(3,4)5/h7-10,12H,11H2,1-6H3/b14-9-. The number of benzene rings is 1. The molecule has 1 aromatic rings. The minimum atomic E-state index is -0.621. The lowest BCUT2D eigenvalue weighted by atomic mass is 10.1. The summed E-state index contributed by atoms with van der Waals surface area (Å²) in [6.45, 7) is 9.18. The number of halogens is 1. The monoisotopic (exact) mass is 412 g/mol. The highest BCUT2D eigenvalue weighted by molar-refractivity contribution is 9.10. The molecule has 138 valence electrons. The topological polar surface area (TPSA) is 61.8 Å². The summed E-state index contributed by atoms with van der Waals surface area (Å²) in [6.07, 6.45) is 1.46. The Morgan fingerprint density at radius 1 is 1.24 bits per heavy atom. The molecule has 0 saturated carbocycles. The number of carbonyl (C=O) groups is 2. The fourth-order valence-electron chi connectivity index (χ4n) is 2.01. The first-order chi connectivity index (χ1) is 11.5. The van der Waals surface area contributed by atoms with Crippen LogP contribution in [-0.2, 0) is 19.1 Å². The van der Waals surface area contributed by atoms with E-state index in [9.17, 15) is 9.59 Å². The van der Waals surface area contributed by atoms with Crippen molar-refractivity contribution in [1.29, 1.82) is 0 Å². The van der Waals surface area contributed by atoms with Crippen molar-refractivity contribution in [3.63, 3.8) is 0 Å². The van der Waals surface area contributed by atoms with Gasteiger partial charge in [0.05, 0.1) is 19.6 Å². The van der Waals surface area contributed by atoms with Gasteiger partial charge < -0.3 is 14.2 Å². The fraction of sp³-hybridized carbons (Fsp3) is 0.474. The van der Waals surface area contributed by atoms with Crippen molar-refractivity contribution < 1.29 is 23.8 Å². The number of methoxy groups -OCH3 is 1. The molecule has 0 heterocycles. The van der Waals surface area contributed by atoms with E-state index in [1.165, 1.54) is 7.11 Å². The van der Waals surface area contributed by atoms with Crippen LogP contribution in [0.25, 0.3) is 6.08 Å². The average Bonchev–Trinajstić information content (AvgIpc) is 2.46. The van der Waals surface area contributed by atoms with Crippen LogP contribution in [0.4, 0.5) is 0 Å². The lowest BCUT2D eigenvalue weighted by Crippen LogP contribution is -2.25. The number of ether oxygens (including phenoxy) is 3. The normalized spacial score (nSPS) is 12.1. The van der Waals surface area contributed by atoms with Gasteiger partial charge in [0, 0.05) is 10.0 Å². The van der Waals surface area contributed by atoms with Gasteiger partial charge in [-0.05, 0) is 64.5 Å². The van der Waals surface area contributed by atoms with Crippen LogP contribution in [-0.4, -0.2) is 30.8 Å². The van der Waals surface area contributed by atoms with Crippen molar-refractivity contribution in [2.75, 3.05) is 7.11 Å². The molecule has 0 unspecified atom stereocenters. The molecule has 0 bridgehead atoms. The molecule has 0 aliphatic rings. The van der Waals surface area contributed by atoms with E-state index in [1.807, 2.05) is 26.0 Å². The number of hydrogen-bond acceptors (Lipinski definition) is 5. The van der Waals surface area contributed by atoms with Gasteiger partial charge in [-0.1, -0.05) is 15.9 Å². The summed E-state index contributed by atoms with van der Waals surface area (Å²) in [4.78, 5) is 24.1. The van der Waals surface area contributed by atoms with Crippen molar-refractivity contribution in [1.82, 2.24) is 0 Å². The summed E-state index contributed by atoms with van der Waals surface area (Å²) in [5.41, 5.74) is 0.297. The molecule has 1 rings (SSSR count). The first-order valence-corrected chi connectivity index (χ1v) is 8.78. The van der Waals surface area contributed by atoms with Gasteiger partial charge in [-0.25, -0.2) is 4.79 Å². The summed E-state index contributed by atoms with van der Waals surface area (Å²) in [5, 5.41) is 0. The molecule has 0 amide bonds. The molecule has 0 fully saturated rings. The first-order valence-electron chi connectivity index (χ1n) is 7.98. The predicted molar refractivity (Wildman–Crippen MR) is 100 cm³/mol. The van der Waals surface area contributed by atoms with E-state index >= 15 is 0 Å². The second-order valence-corrected chi connectivity index (χ2v) is 7.63. The predicted octanol–water partition coefficient (Wildman–Crippen LogP) is 4.52. The molecule has 0 spiro atoms. The Kier molecular flexibility index (Phi) is 7.67. The zero-order valence-corrected chi connectivity index (χ0v) is 17.1. The van der Waals surface area contributed by atoms with Crippen molar-refractivity contribution in [3.05, 3.63) is 33.8 Å².